The van der Waals surface area contributed by atoms with Crippen molar-refractivity contribution in [1.29, 1.82) is 0 Å². The van der Waals surface area contributed by atoms with E-state index in [0.717, 1.165) is 6.07 Å². The number of methoxy groups -OCH3 is 1. The second kappa shape index (κ2) is 6.53. The van der Waals surface area contributed by atoms with E-state index < -0.39 is 35.9 Å². The molecule has 0 atom stereocenters. The van der Waals surface area contributed by atoms with E-state index in [9.17, 15) is 13.2 Å². The van der Waals surface area contributed by atoms with Crippen molar-refractivity contribution in [2.24, 2.45) is 0 Å². The van der Waals surface area contributed by atoms with Crippen molar-refractivity contribution in [3.8, 4) is 5.88 Å². The molecule has 1 fully saturated rings. The molecule has 0 aromatic carbocycles. The summed E-state index contributed by atoms with van der Waals surface area (Å²) >= 11 is 0. The van der Waals surface area contributed by atoms with Gasteiger partial charge in [0, 0.05) is 18.8 Å². The number of rotatable bonds is 5. The van der Waals surface area contributed by atoms with Crippen LogP contribution in [0.4, 0.5) is 13.2 Å². The molecule has 0 aliphatic carbocycles. The molecule has 2 rings (SSSR count). The number of ether oxygens (including phenoxy) is 2. The van der Waals surface area contributed by atoms with Gasteiger partial charge in [-0.3, -0.25) is 0 Å². The number of aromatic nitrogens is 1. The third kappa shape index (κ3) is 3.84. The van der Waals surface area contributed by atoms with Crippen LogP contribution in [0, 0.1) is 0 Å². The Bertz CT molecular complexity index is 577. The Morgan fingerprint density at radius 2 is 1.71 bits per heavy atom. The van der Waals surface area contributed by atoms with Crippen LogP contribution in [0.3, 0.4) is 0 Å². The average Bonchev–Trinajstić information content (AvgIpc) is 2.67. The summed E-state index contributed by atoms with van der Waals surface area (Å²) < 4.78 is 61.3. The molecule has 9 heteroatoms. The number of halogens is 3. The second-order valence-corrected chi connectivity index (χ2v) is 6.55. The predicted octanol–water partition coefficient (Wildman–Crippen LogP) is 2.42. The molecule has 0 amide bonds. The van der Waals surface area contributed by atoms with Crippen LogP contribution in [0.25, 0.3) is 0 Å². The molecule has 0 radical (unpaired) electrons. The predicted molar refractivity (Wildman–Crippen MR) is 82.3 cm³/mol. The molecule has 0 N–H and O–H groups in total. The first kappa shape index (κ1) is 19.0. The average molecular weight is 347 g/mol. The summed E-state index contributed by atoms with van der Waals surface area (Å²) in [6.07, 6.45) is -3.32. The molecule has 1 aromatic rings. The Labute approximate surface area is 139 Å². The van der Waals surface area contributed by atoms with Gasteiger partial charge in [0.1, 0.15) is 12.2 Å². The quantitative estimate of drug-likeness (QED) is 0.605. The normalized spacial score (nSPS) is 19.6. The summed E-state index contributed by atoms with van der Waals surface area (Å²) in [5, 5.41) is 0. The highest BCUT2D eigenvalue weighted by Gasteiger charge is 2.52. The second-order valence-electron chi connectivity index (χ2n) is 6.55. The molecule has 0 bridgehead atoms. The lowest BCUT2D eigenvalue weighted by Crippen LogP contribution is -2.41. The van der Waals surface area contributed by atoms with Crippen molar-refractivity contribution in [3.63, 3.8) is 0 Å². The SMILES string of the molecule is COCCOc1ncc(B2OC(C)(C)C(C)(C)O2)cc1C(F)(F)F. The molecular weight excluding hydrogens is 326 g/mol. The van der Waals surface area contributed by atoms with E-state index in [2.05, 4.69) is 4.98 Å². The summed E-state index contributed by atoms with van der Waals surface area (Å²) in [6.45, 7) is 7.45. The zero-order valence-electron chi connectivity index (χ0n) is 14.4. The lowest BCUT2D eigenvalue weighted by molar-refractivity contribution is -0.139. The van der Waals surface area contributed by atoms with E-state index in [-0.39, 0.29) is 18.7 Å². The first-order valence-corrected chi connectivity index (χ1v) is 7.52. The molecule has 1 saturated heterocycles. The van der Waals surface area contributed by atoms with Crippen molar-refractivity contribution in [3.05, 3.63) is 17.8 Å². The Morgan fingerprint density at radius 3 is 2.21 bits per heavy atom. The summed E-state index contributed by atoms with van der Waals surface area (Å²) in [5.74, 6) is -0.486. The van der Waals surface area contributed by atoms with E-state index in [1.165, 1.54) is 13.3 Å². The third-order valence-corrected chi connectivity index (χ3v) is 4.23. The summed E-state index contributed by atoms with van der Waals surface area (Å²) in [7, 11) is 0.514. The van der Waals surface area contributed by atoms with Crippen molar-refractivity contribution < 1.29 is 32.0 Å². The van der Waals surface area contributed by atoms with Crippen LogP contribution in [-0.4, -0.2) is 43.6 Å². The van der Waals surface area contributed by atoms with Crippen LogP contribution in [-0.2, 0) is 20.2 Å². The molecule has 2 heterocycles. The molecule has 0 saturated carbocycles. The van der Waals surface area contributed by atoms with Crippen LogP contribution in [0.5, 0.6) is 5.88 Å². The minimum absolute atomic E-state index is 0.0254. The van der Waals surface area contributed by atoms with Crippen LogP contribution in [0.15, 0.2) is 12.3 Å². The number of nitrogens with zero attached hydrogens (tertiary/aromatic N) is 1. The first-order chi connectivity index (χ1) is 11.0. The zero-order chi connectivity index (χ0) is 18.2. The van der Waals surface area contributed by atoms with Crippen LogP contribution in [0.2, 0.25) is 0 Å². The summed E-state index contributed by atoms with van der Waals surface area (Å²) in [5.41, 5.74) is -2.07. The van der Waals surface area contributed by atoms with E-state index in [4.69, 9.17) is 18.8 Å². The fraction of sp³-hybridized carbons (Fsp3) is 0.667. The monoisotopic (exact) mass is 347 g/mol. The van der Waals surface area contributed by atoms with Gasteiger partial charge in [-0.15, -0.1) is 0 Å². The van der Waals surface area contributed by atoms with Crippen molar-refractivity contribution in [2.75, 3.05) is 20.3 Å². The van der Waals surface area contributed by atoms with Gasteiger partial charge in [-0.1, -0.05) is 0 Å². The largest absolute Gasteiger partial charge is 0.496 e. The zero-order valence-corrected chi connectivity index (χ0v) is 14.4. The number of alkyl halides is 3. The van der Waals surface area contributed by atoms with Gasteiger partial charge < -0.3 is 18.8 Å². The molecule has 0 spiro atoms. The maximum absolute atomic E-state index is 13.3. The van der Waals surface area contributed by atoms with Crippen molar-refractivity contribution in [2.45, 2.75) is 45.1 Å². The third-order valence-electron chi connectivity index (χ3n) is 4.23. The van der Waals surface area contributed by atoms with Gasteiger partial charge in [0.15, 0.2) is 0 Å². The molecule has 1 aliphatic rings. The fourth-order valence-electron chi connectivity index (χ4n) is 2.12. The molecule has 0 unspecified atom stereocenters. The van der Waals surface area contributed by atoms with Crippen LogP contribution in [0.1, 0.15) is 33.3 Å². The first-order valence-electron chi connectivity index (χ1n) is 7.52. The van der Waals surface area contributed by atoms with Gasteiger partial charge >= 0.3 is 13.3 Å². The van der Waals surface area contributed by atoms with Gasteiger partial charge in [0.25, 0.3) is 0 Å². The highest BCUT2D eigenvalue weighted by atomic mass is 19.4. The topological polar surface area (TPSA) is 49.8 Å². The fourth-order valence-corrected chi connectivity index (χ4v) is 2.12. The molecular formula is C15H21BF3NO4. The standard InChI is InChI=1S/C15H21BF3NO4/c1-13(2)14(3,4)24-16(23-13)10-8-11(15(17,18)19)12(20-9-10)22-7-6-21-5/h8-9H,6-7H2,1-5H3. The maximum Gasteiger partial charge on any atom is 0.496 e. The molecule has 24 heavy (non-hydrogen) atoms. The van der Waals surface area contributed by atoms with E-state index in [0.29, 0.717) is 0 Å². The Balaban J connectivity index is 2.30. The minimum atomic E-state index is -4.60. The van der Waals surface area contributed by atoms with Gasteiger partial charge in [-0.2, -0.15) is 13.2 Å². The number of pyridine rings is 1. The Hall–Kier alpha value is -1.32. The van der Waals surface area contributed by atoms with Gasteiger partial charge in [-0.05, 0) is 33.8 Å². The maximum atomic E-state index is 13.3. The van der Waals surface area contributed by atoms with Crippen molar-refractivity contribution in [1.82, 2.24) is 4.98 Å². The van der Waals surface area contributed by atoms with Crippen LogP contribution < -0.4 is 10.2 Å². The Morgan fingerprint density at radius 1 is 1.12 bits per heavy atom. The highest BCUT2D eigenvalue weighted by molar-refractivity contribution is 6.62. The number of hydrogen-bond acceptors (Lipinski definition) is 5. The smallest absolute Gasteiger partial charge is 0.475 e. The van der Waals surface area contributed by atoms with Gasteiger partial charge in [0.05, 0.1) is 17.8 Å². The molecule has 1 aliphatic heterocycles. The lowest BCUT2D eigenvalue weighted by Gasteiger charge is -2.32. The highest BCUT2D eigenvalue weighted by Crippen LogP contribution is 2.38. The van der Waals surface area contributed by atoms with E-state index in [1.807, 2.05) is 27.7 Å². The van der Waals surface area contributed by atoms with E-state index >= 15 is 0 Å². The summed E-state index contributed by atoms with van der Waals surface area (Å²) in [6, 6.07) is 0.956. The summed E-state index contributed by atoms with van der Waals surface area (Å²) in [4.78, 5) is 3.80. The van der Waals surface area contributed by atoms with Gasteiger partial charge in [0.2, 0.25) is 5.88 Å². The lowest BCUT2D eigenvalue weighted by atomic mass is 9.79. The Kier molecular flexibility index (Phi) is 5.18. The molecule has 1 aromatic heterocycles. The van der Waals surface area contributed by atoms with E-state index in [1.54, 1.807) is 0 Å². The van der Waals surface area contributed by atoms with Crippen molar-refractivity contribution >= 4 is 12.6 Å². The minimum Gasteiger partial charge on any atom is -0.475 e. The van der Waals surface area contributed by atoms with Gasteiger partial charge in [-0.25, -0.2) is 4.98 Å². The number of hydrogen-bond donors (Lipinski definition) is 0. The molecule has 5 nitrogen and oxygen atoms in total. The van der Waals surface area contributed by atoms with Crippen LogP contribution >= 0.6 is 0 Å². The molecule has 134 valence electrons.